The first kappa shape index (κ1) is 10.9. The van der Waals surface area contributed by atoms with Gasteiger partial charge in [0.25, 0.3) is 0 Å². The Balaban J connectivity index is 3.38. The molecule has 2 nitrogen and oxygen atoms in total. The van der Waals surface area contributed by atoms with Gasteiger partial charge in [0.05, 0.1) is 12.2 Å². The Morgan fingerprint density at radius 3 is 2.64 bits per heavy atom. The molecule has 1 aromatic rings. The van der Waals surface area contributed by atoms with Gasteiger partial charge in [0.15, 0.2) is 0 Å². The van der Waals surface area contributed by atoms with Crippen LogP contribution in [-0.4, -0.2) is 6.61 Å². The topological polar surface area (TPSA) is 33.0 Å². The number of hydrogen-bond donors (Lipinski definition) is 0. The lowest BCUT2D eigenvalue weighted by Gasteiger charge is -2.11. The first-order valence-electron chi connectivity index (χ1n) is 4.44. The molecule has 0 atom stereocenters. The Morgan fingerprint density at radius 2 is 2.14 bits per heavy atom. The molecule has 0 spiro atoms. The summed E-state index contributed by atoms with van der Waals surface area (Å²) in [6.45, 7) is 6.17. The summed E-state index contributed by atoms with van der Waals surface area (Å²) in [6.07, 6.45) is 0. The van der Waals surface area contributed by atoms with Crippen molar-refractivity contribution in [3.63, 3.8) is 0 Å². The van der Waals surface area contributed by atoms with Gasteiger partial charge in [0.1, 0.15) is 11.8 Å². The highest BCUT2D eigenvalue weighted by atomic mass is 35.5. The van der Waals surface area contributed by atoms with Crippen LogP contribution >= 0.6 is 11.6 Å². The summed E-state index contributed by atoms with van der Waals surface area (Å²) in [6, 6.07) is 3.91. The predicted molar refractivity (Wildman–Crippen MR) is 56.8 cm³/mol. The zero-order valence-corrected chi connectivity index (χ0v) is 9.27. The van der Waals surface area contributed by atoms with Crippen molar-refractivity contribution >= 4 is 11.6 Å². The van der Waals surface area contributed by atoms with Crippen molar-refractivity contribution in [3.05, 3.63) is 27.8 Å². The number of ether oxygens (including phenoxy) is 1. The summed E-state index contributed by atoms with van der Waals surface area (Å²) in [5.41, 5.74) is 2.26. The van der Waals surface area contributed by atoms with Crippen molar-refractivity contribution in [1.82, 2.24) is 0 Å². The number of rotatable bonds is 2. The van der Waals surface area contributed by atoms with Crippen molar-refractivity contribution in [2.45, 2.75) is 20.8 Å². The van der Waals surface area contributed by atoms with E-state index in [-0.39, 0.29) is 0 Å². The zero-order valence-electron chi connectivity index (χ0n) is 8.52. The van der Waals surface area contributed by atoms with E-state index in [2.05, 4.69) is 6.07 Å². The molecule has 74 valence electrons. The molecule has 0 aliphatic carbocycles. The Labute approximate surface area is 89.1 Å². The molecule has 0 amide bonds. The van der Waals surface area contributed by atoms with Crippen LogP contribution in [0.25, 0.3) is 0 Å². The third kappa shape index (κ3) is 1.83. The number of benzene rings is 1. The molecular formula is C11H12ClNO. The third-order valence-corrected chi connectivity index (χ3v) is 2.64. The van der Waals surface area contributed by atoms with Gasteiger partial charge < -0.3 is 4.74 Å². The van der Waals surface area contributed by atoms with E-state index >= 15 is 0 Å². The van der Waals surface area contributed by atoms with Crippen LogP contribution in [0, 0.1) is 25.2 Å². The van der Waals surface area contributed by atoms with Crippen molar-refractivity contribution in [3.8, 4) is 11.8 Å². The number of aryl methyl sites for hydroxylation is 1. The molecule has 0 heterocycles. The highest BCUT2D eigenvalue weighted by Gasteiger charge is 2.12. The predicted octanol–water partition coefficient (Wildman–Crippen LogP) is 3.23. The maximum Gasteiger partial charge on any atom is 0.137 e. The lowest BCUT2D eigenvalue weighted by Crippen LogP contribution is -1.98. The number of halogens is 1. The van der Waals surface area contributed by atoms with Gasteiger partial charge in [-0.25, -0.2) is 0 Å². The fourth-order valence-electron chi connectivity index (χ4n) is 1.33. The minimum Gasteiger partial charge on any atom is -0.492 e. The molecule has 0 N–H and O–H groups in total. The molecule has 14 heavy (non-hydrogen) atoms. The zero-order chi connectivity index (χ0) is 10.7. The van der Waals surface area contributed by atoms with E-state index in [1.165, 1.54) is 0 Å². The first-order chi connectivity index (χ1) is 6.61. The molecule has 0 saturated heterocycles. The SMILES string of the molecule is CCOc1cc(C)c(Cl)c(C)c1C#N. The molecule has 1 rings (SSSR count). The van der Waals surface area contributed by atoms with Crippen LogP contribution in [0.5, 0.6) is 5.75 Å². The summed E-state index contributed by atoms with van der Waals surface area (Å²) >= 11 is 6.03. The second-order valence-corrected chi connectivity index (χ2v) is 3.43. The minimum atomic E-state index is 0.530. The van der Waals surface area contributed by atoms with Gasteiger partial charge in [-0.05, 0) is 38.0 Å². The summed E-state index contributed by atoms with van der Waals surface area (Å²) in [4.78, 5) is 0. The maximum absolute atomic E-state index is 8.95. The van der Waals surface area contributed by atoms with Crippen LogP contribution in [-0.2, 0) is 0 Å². The van der Waals surface area contributed by atoms with Crippen LogP contribution in [0.1, 0.15) is 23.6 Å². The summed E-state index contributed by atoms with van der Waals surface area (Å²) in [7, 11) is 0. The Morgan fingerprint density at radius 1 is 1.50 bits per heavy atom. The number of hydrogen-bond acceptors (Lipinski definition) is 2. The normalized spacial score (nSPS) is 9.64. The molecule has 0 unspecified atom stereocenters. The Hall–Kier alpha value is -1.20. The molecule has 0 fully saturated rings. The molecule has 3 heteroatoms. The van der Waals surface area contributed by atoms with E-state index < -0.39 is 0 Å². The second-order valence-electron chi connectivity index (χ2n) is 3.05. The monoisotopic (exact) mass is 209 g/mol. The van der Waals surface area contributed by atoms with E-state index in [1.54, 1.807) is 6.07 Å². The van der Waals surface area contributed by atoms with E-state index in [9.17, 15) is 0 Å². The molecular weight excluding hydrogens is 198 g/mol. The van der Waals surface area contributed by atoms with E-state index in [1.807, 2.05) is 20.8 Å². The quantitative estimate of drug-likeness (QED) is 0.749. The molecule has 0 radical (unpaired) electrons. The fourth-order valence-corrected chi connectivity index (χ4v) is 1.48. The molecule has 0 aliphatic heterocycles. The summed E-state index contributed by atoms with van der Waals surface area (Å²) in [5, 5.41) is 9.60. The van der Waals surface area contributed by atoms with Gasteiger partial charge in [-0.1, -0.05) is 11.6 Å². The van der Waals surface area contributed by atoms with E-state index in [0.717, 1.165) is 11.1 Å². The molecule has 0 aliphatic rings. The largest absolute Gasteiger partial charge is 0.492 e. The Kier molecular flexibility index (Phi) is 3.38. The van der Waals surface area contributed by atoms with Crippen LogP contribution in [0.2, 0.25) is 5.02 Å². The van der Waals surface area contributed by atoms with Gasteiger partial charge in [-0.3, -0.25) is 0 Å². The van der Waals surface area contributed by atoms with Crippen LogP contribution in [0.15, 0.2) is 6.07 Å². The van der Waals surface area contributed by atoms with Gasteiger partial charge in [-0.2, -0.15) is 5.26 Å². The standard InChI is InChI=1S/C11H12ClNO/c1-4-14-10-5-7(2)11(12)8(3)9(10)6-13/h5H,4H2,1-3H3. The fraction of sp³-hybridized carbons (Fsp3) is 0.364. The van der Waals surface area contributed by atoms with Crippen molar-refractivity contribution < 1.29 is 4.74 Å². The lowest BCUT2D eigenvalue weighted by atomic mass is 10.1. The number of nitrogens with zero attached hydrogens (tertiary/aromatic N) is 1. The van der Waals surface area contributed by atoms with Crippen molar-refractivity contribution in [1.29, 1.82) is 5.26 Å². The molecule has 0 aromatic heterocycles. The van der Waals surface area contributed by atoms with Crippen LogP contribution < -0.4 is 4.74 Å². The van der Waals surface area contributed by atoms with Gasteiger partial charge in [-0.15, -0.1) is 0 Å². The average molecular weight is 210 g/mol. The Bertz CT molecular complexity index is 393. The maximum atomic E-state index is 8.95. The van der Waals surface area contributed by atoms with Gasteiger partial charge in [0.2, 0.25) is 0 Å². The molecule has 0 saturated carbocycles. The first-order valence-corrected chi connectivity index (χ1v) is 4.82. The molecule has 0 bridgehead atoms. The van der Waals surface area contributed by atoms with Gasteiger partial charge >= 0.3 is 0 Å². The highest BCUT2D eigenvalue weighted by molar-refractivity contribution is 6.32. The number of nitriles is 1. The minimum absolute atomic E-state index is 0.530. The van der Waals surface area contributed by atoms with Crippen LogP contribution in [0.4, 0.5) is 0 Å². The lowest BCUT2D eigenvalue weighted by molar-refractivity contribution is 0.339. The summed E-state index contributed by atoms with van der Waals surface area (Å²) < 4.78 is 5.36. The van der Waals surface area contributed by atoms with Gasteiger partial charge in [0, 0.05) is 5.02 Å². The smallest absolute Gasteiger partial charge is 0.137 e. The highest BCUT2D eigenvalue weighted by Crippen LogP contribution is 2.30. The van der Waals surface area contributed by atoms with E-state index in [4.69, 9.17) is 21.6 Å². The van der Waals surface area contributed by atoms with Crippen molar-refractivity contribution in [2.24, 2.45) is 0 Å². The third-order valence-electron chi connectivity index (χ3n) is 2.06. The summed E-state index contributed by atoms with van der Waals surface area (Å²) in [5.74, 6) is 0.620. The van der Waals surface area contributed by atoms with Crippen molar-refractivity contribution in [2.75, 3.05) is 6.61 Å². The molecule has 1 aromatic carbocycles. The second kappa shape index (κ2) is 4.34. The average Bonchev–Trinajstić information content (AvgIpc) is 2.16. The van der Waals surface area contributed by atoms with Crippen LogP contribution in [0.3, 0.4) is 0 Å². The van der Waals surface area contributed by atoms with E-state index in [0.29, 0.717) is 22.9 Å².